The predicted octanol–water partition coefficient (Wildman–Crippen LogP) is 11.1. The van der Waals surface area contributed by atoms with Gasteiger partial charge in [0.15, 0.2) is 0 Å². The van der Waals surface area contributed by atoms with Crippen molar-refractivity contribution in [2.75, 3.05) is 0 Å². The fourth-order valence-corrected chi connectivity index (χ4v) is 9.68. The quantitative estimate of drug-likeness (QED) is 0.216. The summed E-state index contributed by atoms with van der Waals surface area (Å²) < 4.78 is 2.24. The molecule has 0 aliphatic heterocycles. The zero-order chi connectivity index (χ0) is 25.4. The van der Waals surface area contributed by atoms with Crippen LogP contribution in [-0.4, -0.2) is 0 Å². The van der Waals surface area contributed by atoms with Crippen LogP contribution in [0.1, 0.15) is 52.7 Å². The van der Waals surface area contributed by atoms with Crippen LogP contribution < -0.4 is 0 Å². The van der Waals surface area contributed by atoms with E-state index in [4.69, 9.17) is 0 Å². The lowest BCUT2D eigenvalue weighted by molar-refractivity contribution is 0.588. The smallest absolute Gasteiger partial charge is 0.0189 e. The monoisotopic (exact) mass is 608 g/mol. The van der Waals surface area contributed by atoms with Gasteiger partial charge in [0.25, 0.3) is 0 Å². The minimum Gasteiger partial charge on any atom is -0.133 e. The van der Waals surface area contributed by atoms with E-state index in [1.165, 1.54) is 30.7 Å². The summed E-state index contributed by atoms with van der Waals surface area (Å²) in [6.07, 6.45) is 0. The molecule has 0 atom stereocenters. The van der Waals surface area contributed by atoms with Crippen molar-refractivity contribution in [3.63, 3.8) is 0 Å². The lowest BCUT2D eigenvalue weighted by Gasteiger charge is -2.43. The van der Waals surface area contributed by atoms with Gasteiger partial charge in [-0.2, -0.15) is 0 Å². The summed E-state index contributed by atoms with van der Waals surface area (Å²) in [5, 5.41) is 0. The van der Waals surface area contributed by atoms with Gasteiger partial charge in [-0.3, -0.25) is 0 Å². The van der Waals surface area contributed by atoms with Crippen molar-refractivity contribution in [2.45, 2.75) is 72.0 Å². The Labute approximate surface area is 229 Å². The van der Waals surface area contributed by atoms with Gasteiger partial charge in [0, 0.05) is 28.5 Å². The number of halogens is 2. The van der Waals surface area contributed by atoms with E-state index < -0.39 is 10.0 Å². The van der Waals surface area contributed by atoms with E-state index >= 15 is 0 Å². The van der Waals surface area contributed by atoms with Crippen molar-refractivity contribution in [3.05, 3.63) is 117 Å². The molecule has 0 bridgehead atoms. The first kappa shape index (κ1) is 26.3. The van der Waals surface area contributed by atoms with Gasteiger partial charge in [-0.05, 0) is 82.6 Å². The van der Waals surface area contributed by atoms with Crippen LogP contribution in [0.15, 0.2) is 126 Å². The summed E-state index contributed by atoms with van der Waals surface area (Å²) in [4.78, 5) is 5.35. The van der Waals surface area contributed by atoms with E-state index in [-0.39, 0.29) is 10.8 Å². The second-order valence-corrected chi connectivity index (χ2v) is 16.0. The molecule has 4 aromatic rings. The fourth-order valence-electron chi connectivity index (χ4n) is 4.41. The molecule has 4 aromatic carbocycles. The van der Waals surface area contributed by atoms with Crippen LogP contribution >= 0.6 is 41.9 Å². The van der Waals surface area contributed by atoms with Crippen molar-refractivity contribution in [1.29, 1.82) is 0 Å². The first-order chi connectivity index (χ1) is 16.4. The Kier molecular flexibility index (Phi) is 7.44. The highest BCUT2D eigenvalue weighted by molar-refractivity contribution is 9.10. The van der Waals surface area contributed by atoms with E-state index in [1.807, 2.05) is 0 Å². The summed E-state index contributed by atoms with van der Waals surface area (Å²) in [7, 11) is -1.78. The number of hydrogen-bond acceptors (Lipinski definition) is 0. The Morgan fingerprint density at radius 1 is 0.457 bits per heavy atom. The largest absolute Gasteiger partial charge is 0.133 e. The van der Waals surface area contributed by atoms with E-state index in [9.17, 15) is 0 Å². The molecule has 0 unspecified atom stereocenters. The molecule has 0 aromatic heterocycles. The number of hydrogen-bond donors (Lipinski definition) is 0. The molecular weight excluding hydrogens is 576 g/mol. The standard InChI is InChI=1S/C32H34Br2S/c1-31(2,3)23-17-25(33)21-29(19-23)35(27-13-9-7-10-14-27,28-15-11-8-12-16-28)30-20-24(32(4,5)6)18-26(34)22-30/h7-22H,1-6H3. The van der Waals surface area contributed by atoms with E-state index in [0.29, 0.717) is 0 Å². The Bertz CT molecular complexity index is 1210. The van der Waals surface area contributed by atoms with Crippen LogP contribution in [0.4, 0.5) is 0 Å². The molecule has 0 spiro atoms. The van der Waals surface area contributed by atoms with E-state index in [0.717, 1.165) is 8.95 Å². The number of benzene rings is 4. The lowest BCUT2D eigenvalue weighted by Crippen LogP contribution is -2.14. The van der Waals surface area contributed by atoms with Gasteiger partial charge < -0.3 is 0 Å². The molecule has 35 heavy (non-hydrogen) atoms. The van der Waals surface area contributed by atoms with Gasteiger partial charge in [-0.15, -0.1) is 10.0 Å². The SMILES string of the molecule is CC(C)(C)c1cc(Br)cc(S(c2ccccc2)(c2ccccc2)c2cc(Br)cc(C(C)(C)C)c2)c1. The van der Waals surface area contributed by atoms with Crippen LogP contribution in [0.3, 0.4) is 0 Å². The molecule has 0 aliphatic rings. The van der Waals surface area contributed by atoms with Crippen LogP contribution in [0.5, 0.6) is 0 Å². The van der Waals surface area contributed by atoms with Gasteiger partial charge in [0.1, 0.15) is 0 Å². The molecule has 182 valence electrons. The highest BCUT2D eigenvalue weighted by atomic mass is 79.9. The molecule has 0 aliphatic carbocycles. The van der Waals surface area contributed by atoms with E-state index in [1.54, 1.807) is 0 Å². The van der Waals surface area contributed by atoms with E-state index in [2.05, 4.69) is 170 Å². The Hall–Kier alpha value is -1.81. The molecule has 0 radical (unpaired) electrons. The first-order valence-electron chi connectivity index (χ1n) is 12.0. The highest BCUT2D eigenvalue weighted by Crippen LogP contribution is 2.74. The first-order valence-corrected chi connectivity index (χ1v) is 15.2. The average Bonchev–Trinajstić information content (AvgIpc) is 2.79. The van der Waals surface area contributed by atoms with Crippen LogP contribution in [0.25, 0.3) is 0 Å². The zero-order valence-electron chi connectivity index (χ0n) is 21.4. The van der Waals surface area contributed by atoms with Crippen LogP contribution in [0.2, 0.25) is 0 Å². The fraction of sp³-hybridized carbons (Fsp3) is 0.250. The molecule has 0 fully saturated rings. The van der Waals surface area contributed by atoms with Crippen LogP contribution in [-0.2, 0) is 10.8 Å². The molecule has 0 nitrogen and oxygen atoms in total. The molecule has 3 heteroatoms. The number of rotatable bonds is 4. The zero-order valence-corrected chi connectivity index (χ0v) is 25.4. The Morgan fingerprint density at radius 3 is 1.11 bits per heavy atom. The maximum Gasteiger partial charge on any atom is 0.0189 e. The van der Waals surface area contributed by atoms with Gasteiger partial charge in [-0.1, -0.05) is 110 Å². The Balaban J connectivity index is 2.22. The normalized spacial score (nSPS) is 13.0. The van der Waals surface area contributed by atoms with Crippen molar-refractivity contribution in [3.8, 4) is 0 Å². The Morgan fingerprint density at radius 2 is 0.800 bits per heavy atom. The molecule has 0 N–H and O–H groups in total. The van der Waals surface area contributed by atoms with Crippen molar-refractivity contribution in [2.24, 2.45) is 0 Å². The third-order valence-corrected chi connectivity index (χ3v) is 11.1. The van der Waals surface area contributed by atoms with Crippen molar-refractivity contribution in [1.82, 2.24) is 0 Å². The summed E-state index contributed by atoms with van der Waals surface area (Å²) in [6.45, 7) is 13.7. The molecule has 0 heterocycles. The maximum atomic E-state index is 3.88. The third-order valence-electron chi connectivity index (χ3n) is 6.38. The second kappa shape index (κ2) is 9.92. The van der Waals surface area contributed by atoms with Gasteiger partial charge >= 0.3 is 0 Å². The topological polar surface area (TPSA) is 0 Å². The van der Waals surface area contributed by atoms with Crippen molar-refractivity contribution >= 4 is 41.9 Å². The minimum atomic E-state index is -1.78. The summed E-state index contributed by atoms with van der Waals surface area (Å²) in [5.74, 6) is 0. The summed E-state index contributed by atoms with van der Waals surface area (Å²) >= 11 is 7.76. The summed E-state index contributed by atoms with van der Waals surface area (Å²) in [5.41, 5.74) is 2.73. The van der Waals surface area contributed by atoms with Crippen LogP contribution in [0, 0.1) is 0 Å². The average molecular weight is 610 g/mol. The summed E-state index contributed by atoms with van der Waals surface area (Å²) in [6, 6.07) is 36.2. The predicted molar refractivity (Wildman–Crippen MR) is 159 cm³/mol. The van der Waals surface area contributed by atoms with Gasteiger partial charge in [-0.25, -0.2) is 0 Å². The highest BCUT2D eigenvalue weighted by Gasteiger charge is 2.35. The molecule has 0 saturated heterocycles. The molecule has 4 rings (SSSR count). The van der Waals surface area contributed by atoms with Gasteiger partial charge in [0.05, 0.1) is 0 Å². The third kappa shape index (κ3) is 5.33. The minimum absolute atomic E-state index is 0.0327. The second-order valence-electron chi connectivity index (χ2n) is 11.1. The lowest BCUT2D eigenvalue weighted by atomic mass is 9.87. The molecule has 0 amide bonds. The van der Waals surface area contributed by atoms with Crippen molar-refractivity contribution < 1.29 is 0 Å². The molecule has 0 saturated carbocycles. The molecular formula is C32H34Br2S. The van der Waals surface area contributed by atoms with Gasteiger partial charge in [0.2, 0.25) is 0 Å². The maximum absolute atomic E-state index is 3.88.